The maximum Gasteiger partial charge on any atom is 0.247 e. The van der Waals surface area contributed by atoms with Crippen molar-refractivity contribution in [2.45, 2.75) is 39.3 Å². The van der Waals surface area contributed by atoms with Gasteiger partial charge in [-0.25, -0.2) is 0 Å². The van der Waals surface area contributed by atoms with Crippen molar-refractivity contribution >= 4 is 11.8 Å². The highest BCUT2D eigenvalue weighted by molar-refractivity contribution is 5.92. The van der Waals surface area contributed by atoms with E-state index >= 15 is 0 Å². The maximum atomic E-state index is 13.1. The minimum Gasteiger partial charge on any atom is -0.494 e. The van der Waals surface area contributed by atoms with Crippen LogP contribution in [0.2, 0.25) is 0 Å². The third kappa shape index (κ3) is 4.13. The molecule has 1 N–H and O–H groups in total. The van der Waals surface area contributed by atoms with Crippen LogP contribution in [-0.2, 0) is 22.6 Å². The zero-order valence-electron chi connectivity index (χ0n) is 15.9. The van der Waals surface area contributed by atoms with Crippen molar-refractivity contribution in [1.82, 2.24) is 10.2 Å². The molecule has 0 unspecified atom stereocenters. The van der Waals surface area contributed by atoms with Crippen LogP contribution in [0.3, 0.4) is 0 Å². The normalized spacial score (nSPS) is 16.0. The average molecular weight is 366 g/mol. The van der Waals surface area contributed by atoms with Gasteiger partial charge >= 0.3 is 0 Å². The van der Waals surface area contributed by atoms with E-state index in [1.807, 2.05) is 62.4 Å². The zero-order valence-corrected chi connectivity index (χ0v) is 15.9. The number of nitrogens with one attached hydrogen (secondary N) is 1. The molecule has 1 aliphatic heterocycles. The lowest BCUT2D eigenvalue weighted by Gasteiger charge is -2.36. The quantitative estimate of drug-likeness (QED) is 0.818. The van der Waals surface area contributed by atoms with Crippen molar-refractivity contribution < 1.29 is 14.3 Å². The number of para-hydroxylation sites is 1. The van der Waals surface area contributed by atoms with Crippen molar-refractivity contribution in [3.05, 3.63) is 65.2 Å². The summed E-state index contributed by atoms with van der Waals surface area (Å²) in [5.74, 6) is 0.617. The summed E-state index contributed by atoms with van der Waals surface area (Å²) in [6.45, 7) is 5.45. The van der Waals surface area contributed by atoms with Gasteiger partial charge in [0.1, 0.15) is 11.8 Å². The molecular weight excluding hydrogens is 340 g/mol. The first-order valence-corrected chi connectivity index (χ1v) is 9.51. The second-order valence-corrected chi connectivity index (χ2v) is 6.62. The summed E-state index contributed by atoms with van der Waals surface area (Å²) in [5, 5.41) is 3.00. The van der Waals surface area contributed by atoms with E-state index in [4.69, 9.17) is 4.74 Å². The van der Waals surface area contributed by atoms with E-state index in [9.17, 15) is 9.59 Å². The van der Waals surface area contributed by atoms with Crippen LogP contribution in [0.5, 0.6) is 5.75 Å². The van der Waals surface area contributed by atoms with Crippen LogP contribution in [0.15, 0.2) is 48.5 Å². The lowest BCUT2D eigenvalue weighted by atomic mass is 9.91. The van der Waals surface area contributed by atoms with Crippen molar-refractivity contribution in [2.75, 3.05) is 13.2 Å². The van der Waals surface area contributed by atoms with E-state index in [2.05, 4.69) is 5.32 Å². The van der Waals surface area contributed by atoms with E-state index in [0.717, 1.165) is 28.9 Å². The van der Waals surface area contributed by atoms with Gasteiger partial charge in [-0.05, 0) is 30.5 Å². The van der Waals surface area contributed by atoms with Gasteiger partial charge in [0, 0.05) is 18.7 Å². The number of ether oxygens (including phenoxy) is 1. The Morgan fingerprint density at radius 3 is 2.67 bits per heavy atom. The molecular formula is C22H26N2O3. The van der Waals surface area contributed by atoms with Crippen molar-refractivity contribution in [3.8, 4) is 5.75 Å². The molecule has 0 saturated heterocycles. The molecule has 2 aromatic carbocycles. The largest absolute Gasteiger partial charge is 0.494 e. The van der Waals surface area contributed by atoms with Crippen LogP contribution >= 0.6 is 0 Å². The number of amides is 2. The molecule has 0 spiro atoms. The molecule has 3 rings (SSSR count). The summed E-state index contributed by atoms with van der Waals surface area (Å²) in [6, 6.07) is 14.8. The Labute approximate surface area is 160 Å². The monoisotopic (exact) mass is 366 g/mol. The number of benzene rings is 2. The standard InChI is InChI=1S/C22H26N2O3/c1-3-13-24-20(25)14-16-9-5-7-11-18(16)21(24)22(26)23-15-17-10-6-8-12-19(17)27-4-2/h5-12,21H,3-4,13-15H2,1-2H3,(H,23,26)/t21-/m0/s1. The van der Waals surface area contributed by atoms with E-state index in [0.29, 0.717) is 26.1 Å². The van der Waals surface area contributed by atoms with E-state index < -0.39 is 6.04 Å². The van der Waals surface area contributed by atoms with Crippen LogP contribution in [0.25, 0.3) is 0 Å². The van der Waals surface area contributed by atoms with Gasteiger partial charge in [0.2, 0.25) is 11.8 Å². The molecule has 0 saturated carbocycles. The predicted octanol–water partition coefficient (Wildman–Crippen LogP) is 3.24. The fraction of sp³-hybridized carbons (Fsp3) is 0.364. The Morgan fingerprint density at radius 1 is 1.15 bits per heavy atom. The molecule has 142 valence electrons. The summed E-state index contributed by atoms with van der Waals surface area (Å²) >= 11 is 0. The first-order chi connectivity index (χ1) is 13.2. The van der Waals surface area contributed by atoms with Gasteiger partial charge in [-0.1, -0.05) is 49.4 Å². The highest BCUT2D eigenvalue weighted by atomic mass is 16.5. The smallest absolute Gasteiger partial charge is 0.247 e. The molecule has 1 heterocycles. The molecule has 0 bridgehead atoms. The summed E-state index contributed by atoms with van der Waals surface area (Å²) in [4.78, 5) is 27.4. The Balaban J connectivity index is 1.82. The first-order valence-electron chi connectivity index (χ1n) is 9.51. The molecule has 2 aromatic rings. The van der Waals surface area contributed by atoms with Gasteiger partial charge in [0.25, 0.3) is 0 Å². The Morgan fingerprint density at radius 2 is 1.89 bits per heavy atom. The topological polar surface area (TPSA) is 58.6 Å². The van der Waals surface area contributed by atoms with E-state index in [1.54, 1.807) is 4.90 Å². The number of carbonyl (C=O) groups excluding carboxylic acids is 2. The molecule has 5 nitrogen and oxygen atoms in total. The third-order valence-electron chi connectivity index (χ3n) is 4.76. The molecule has 2 amide bonds. The first kappa shape index (κ1) is 19.0. The van der Waals surface area contributed by atoms with E-state index in [-0.39, 0.29) is 11.8 Å². The second kappa shape index (κ2) is 8.71. The average Bonchev–Trinajstić information content (AvgIpc) is 2.68. The van der Waals surface area contributed by atoms with Crippen LogP contribution in [0.4, 0.5) is 0 Å². The highest BCUT2D eigenvalue weighted by Crippen LogP contribution is 2.31. The van der Waals surface area contributed by atoms with Crippen LogP contribution in [0, 0.1) is 0 Å². The lowest BCUT2D eigenvalue weighted by Crippen LogP contribution is -2.47. The zero-order chi connectivity index (χ0) is 19.2. The molecule has 0 aliphatic carbocycles. The van der Waals surface area contributed by atoms with Crippen LogP contribution in [-0.4, -0.2) is 29.9 Å². The number of nitrogens with zero attached hydrogens (tertiary/aromatic N) is 1. The fourth-order valence-electron chi connectivity index (χ4n) is 3.54. The molecule has 0 fully saturated rings. The number of rotatable bonds is 7. The summed E-state index contributed by atoms with van der Waals surface area (Å²) in [5.41, 5.74) is 2.77. The molecule has 27 heavy (non-hydrogen) atoms. The van der Waals surface area contributed by atoms with Crippen molar-refractivity contribution in [3.63, 3.8) is 0 Å². The minimum atomic E-state index is -0.582. The molecule has 0 radical (unpaired) electrons. The van der Waals surface area contributed by atoms with Crippen LogP contribution < -0.4 is 10.1 Å². The SMILES string of the molecule is CCCN1C(=O)Cc2ccccc2[C@H]1C(=O)NCc1ccccc1OCC. The van der Waals surface area contributed by atoms with Crippen molar-refractivity contribution in [2.24, 2.45) is 0 Å². The van der Waals surface area contributed by atoms with E-state index in [1.165, 1.54) is 0 Å². The molecule has 1 aliphatic rings. The number of fused-ring (bicyclic) bond motifs is 1. The number of hydrogen-bond donors (Lipinski definition) is 1. The second-order valence-electron chi connectivity index (χ2n) is 6.62. The van der Waals surface area contributed by atoms with Crippen LogP contribution in [0.1, 0.15) is 43.0 Å². The Bertz CT molecular complexity index is 819. The van der Waals surface area contributed by atoms with Gasteiger partial charge in [0.05, 0.1) is 13.0 Å². The van der Waals surface area contributed by atoms with Gasteiger partial charge in [-0.3, -0.25) is 9.59 Å². The summed E-state index contributed by atoms with van der Waals surface area (Å²) in [6.07, 6.45) is 1.16. The molecule has 1 atom stereocenters. The summed E-state index contributed by atoms with van der Waals surface area (Å²) in [7, 11) is 0. The Kier molecular flexibility index (Phi) is 6.12. The van der Waals surface area contributed by atoms with Gasteiger partial charge in [-0.2, -0.15) is 0 Å². The number of hydrogen-bond acceptors (Lipinski definition) is 3. The van der Waals surface area contributed by atoms with Gasteiger partial charge < -0.3 is 15.0 Å². The fourth-order valence-corrected chi connectivity index (χ4v) is 3.54. The molecule has 5 heteroatoms. The van der Waals surface area contributed by atoms with Gasteiger partial charge in [-0.15, -0.1) is 0 Å². The lowest BCUT2D eigenvalue weighted by molar-refractivity contribution is -0.141. The highest BCUT2D eigenvalue weighted by Gasteiger charge is 2.36. The van der Waals surface area contributed by atoms with Gasteiger partial charge in [0.15, 0.2) is 0 Å². The van der Waals surface area contributed by atoms with Crippen molar-refractivity contribution in [1.29, 1.82) is 0 Å². The Hall–Kier alpha value is -2.82. The number of carbonyl (C=O) groups is 2. The minimum absolute atomic E-state index is 0.00502. The summed E-state index contributed by atoms with van der Waals surface area (Å²) < 4.78 is 5.63. The maximum absolute atomic E-state index is 13.1. The predicted molar refractivity (Wildman–Crippen MR) is 104 cm³/mol. The molecule has 0 aromatic heterocycles. The third-order valence-corrected chi connectivity index (χ3v) is 4.76.